The van der Waals surface area contributed by atoms with Gasteiger partial charge in [-0.1, -0.05) is 57.2 Å². The second-order valence-corrected chi connectivity index (χ2v) is 14.8. The quantitative estimate of drug-likeness (QED) is 0.311. The Morgan fingerprint density at radius 1 is 1.04 bits per heavy atom. The highest BCUT2D eigenvalue weighted by Gasteiger charge is 2.47. The summed E-state index contributed by atoms with van der Waals surface area (Å²) in [4.78, 5) is 52.7. The molecule has 6 rings (SSSR count). The minimum Gasteiger partial charge on any atom is -0.497 e. The zero-order valence-electron chi connectivity index (χ0n) is 29.4. The average molecular weight is 668 g/mol. The van der Waals surface area contributed by atoms with Gasteiger partial charge in [0, 0.05) is 68.1 Å². The third-order valence-corrected chi connectivity index (χ3v) is 10.2. The van der Waals surface area contributed by atoms with Crippen LogP contribution in [0.3, 0.4) is 0 Å². The largest absolute Gasteiger partial charge is 0.497 e. The molecule has 2 saturated heterocycles. The fraction of sp³-hybridized carbons (Fsp3) is 0.487. The molecule has 2 aromatic carbocycles. The van der Waals surface area contributed by atoms with E-state index in [1.165, 1.54) is 0 Å². The maximum atomic E-state index is 14.6. The minimum absolute atomic E-state index is 0.0201. The van der Waals surface area contributed by atoms with Crippen molar-refractivity contribution < 1.29 is 23.9 Å². The molecule has 0 bridgehead atoms. The van der Waals surface area contributed by atoms with Crippen LogP contribution in [-0.4, -0.2) is 102 Å². The number of nitrogens with zero attached hydrogens (tertiary/aromatic N) is 4. The molecule has 1 saturated carbocycles. The lowest BCUT2D eigenvalue weighted by atomic mass is 9.77. The van der Waals surface area contributed by atoms with Gasteiger partial charge in [0.2, 0.25) is 17.7 Å². The summed E-state index contributed by atoms with van der Waals surface area (Å²) in [6, 6.07) is 16.8. The van der Waals surface area contributed by atoms with Crippen molar-refractivity contribution in [1.82, 2.24) is 25.0 Å². The number of ether oxygens (including phenoxy) is 2. The van der Waals surface area contributed by atoms with E-state index in [0.29, 0.717) is 31.0 Å². The first-order valence-corrected chi connectivity index (χ1v) is 17.4. The molecule has 3 amide bonds. The van der Waals surface area contributed by atoms with E-state index in [1.807, 2.05) is 93.4 Å². The highest BCUT2D eigenvalue weighted by atomic mass is 16.5. The van der Waals surface area contributed by atoms with E-state index in [-0.39, 0.29) is 42.6 Å². The van der Waals surface area contributed by atoms with Crippen molar-refractivity contribution in [3.8, 4) is 22.8 Å². The molecule has 10 heteroatoms. The first-order valence-electron chi connectivity index (χ1n) is 17.4. The van der Waals surface area contributed by atoms with Crippen LogP contribution < -0.4 is 14.8 Å². The summed E-state index contributed by atoms with van der Waals surface area (Å²) in [6.07, 6.45) is 2.67. The van der Waals surface area contributed by atoms with E-state index in [0.717, 1.165) is 41.7 Å². The number of methoxy groups -OCH3 is 1. The normalized spacial score (nSPS) is 23.2. The zero-order valence-corrected chi connectivity index (χ0v) is 29.4. The Morgan fingerprint density at radius 2 is 1.78 bits per heavy atom. The van der Waals surface area contributed by atoms with Gasteiger partial charge in [-0.25, -0.2) is 4.98 Å². The molecule has 3 fully saturated rings. The topological polar surface area (TPSA) is 104 Å². The fourth-order valence-corrected chi connectivity index (χ4v) is 6.96. The van der Waals surface area contributed by atoms with E-state index in [1.54, 1.807) is 12.0 Å². The predicted molar refractivity (Wildman–Crippen MR) is 190 cm³/mol. The van der Waals surface area contributed by atoms with Crippen LogP contribution in [0.4, 0.5) is 0 Å². The van der Waals surface area contributed by atoms with Crippen molar-refractivity contribution in [2.75, 3.05) is 46.9 Å². The molecule has 1 aliphatic carbocycles. The van der Waals surface area contributed by atoms with Crippen LogP contribution in [0.2, 0.25) is 0 Å². The summed E-state index contributed by atoms with van der Waals surface area (Å²) in [5.74, 6) is 0.538. The van der Waals surface area contributed by atoms with Gasteiger partial charge in [-0.3, -0.25) is 14.4 Å². The Labute approximate surface area is 289 Å². The Morgan fingerprint density at radius 3 is 2.43 bits per heavy atom. The highest BCUT2D eigenvalue weighted by Crippen LogP contribution is 2.38. The van der Waals surface area contributed by atoms with Gasteiger partial charge in [-0.05, 0) is 36.9 Å². The van der Waals surface area contributed by atoms with E-state index in [4.69, 9.17) is 14.5 Å². The molecular formula is C39H49N5O5. The molecule has 49 heavy (non-hydrogen) atoms. The number of nitrogens with one attached hydrogen (secondary N) is 1. The summed E-state index contributed by atoms with van der Waals surface area (Å²) in [6.45, 7) is 13.0. The number of amides is 3. The van der Waals surface area contributed by atoms with Crippen LogP contribution in [0.5, 0.6) is 11.5 Å². The summed E-state index contributed by atoms with van der Waals surface area (Å²) in [5.41, 5.74) is 1.90. The maximum absolute atomic E-state index is 14.6. The SMILES string of the molecule is C=CC1CC1NC(=O)[C@@H]1C[C@@H](Oc2cc(-c3ccccc3)nc3cc(OC)ccc23)CN1C(=O)[C@@H](CC(=O)N1CCN(C)CC1)C(C)(C)C. The van der Waals surface area contributed by atoms with Crippen molar-refractivity contribution in [1.29, 1.82) is 0 Å². The molecule has 3 heterocycles. The summed E-state index contributed by atoms with van der Waals surface area (Å²) < 4.78 is 12.2. The number of hydrogen-bond donors (Lipinski definition) is 1. The average Bonchev–Trinajstić information content (AvgIpc) is 3.71. The number of carbonyl (C=O) groups is 3. The van der Waals surface area contributed by atoms with Gasteiger partial charge in [0.1, 0.15) is 23.6 Å². The van der Waals surface area contributed by atoms with E-state index >= 15 is 0 Å². The first-order chi connectivity index (χ1) is 23.4. The molecular weight excluding hydrogens is 618 g/mol. The second kappa shape index (κ2) is 14.2. The summed E-state index contributed by atoms with van der Waals surface area (Å²) in [7, 11) is 3.67. The van der Waals surface area contributed by atoms with Gasteiger partial charge >= 0.3 is 0 Å². The smallest absolute Gasteiger partial charge is 0.243 e. The van der Waals surface area contributed by atoms with Gasteiger partial charge < -0.3 is 29.5 Å². The van der Waals surface area contributed by atoms with Crippen LogP contribution in [0.1, 0.15) is 40.0 Å². The molecule has 2 unspecified atom stereocenters. The lowest BCUT2D eigenvalue weighted by Gasteiger charge is -2.37. The van der Waals surface area contributed by atoms with Gasteiger partial charge in [-0.2, -0.15) is 0 Å². The van der Waals surface area contributed by atoms with E-state index < -0.39 is 23.5 Å². The number of piperazine rings is 1. The second-order valence-electron chi connectivity index (χ2n) is 14.8. The number of likely N-dealkylation sites (N-methyl/N-ethyl adjacent to an activating group) is 1. The Balaban J connectivity index is 1.29. The number of likely N-dealkylation sites (tertiary alicyclic amines) is 1. The lowest BCUT2D eigenvalue weighted by molar-refractivity contribution is -0.148. The Hall–Kier alpha value is -4.44. The van der Waals surface area contributed by atoms with Crippen molar-refractivity contribution in [2.45, 2.75) is 58.2 Å². The standard InChI is InChI=1S/C39H49N5O5/c1-7-25-19-31(25)41-37(46)34-21-28(24-44(34)38(47)30(39(2,3)4)22-36(45)43-17-15-42(5)16-18-43)49-35-23-32(26-11-9-8-10-12-26)40-33-20-27(48-6)13-14-29(33)35/h7-14,20,23,25,28,30-31,34H,1,15-19,21-22,24H2,2-6H3,(H,41,46)/t25?,28-,30-,31?,34+/m1/s1. The van der Waals surface area contributed by atoms with Crippen molar-refractivity contribution >= 4 is 28.6 Å². The number of benzene rings is 2. The number of hydrogen-bond acceptors (Lipinski definition) is 7. The molecule has 260 valence electrons. The van der Waals surface area contributed by atoms with Crippen LogP contribution in [0.15, 0.2) is 67.3 Å². The molecule has 5 atom stereocenters. The number of pyridine rings is 1. The Kier molecular flexibility index (Phi) is 9.97. The molecule has 3 aromatic rings. The zero-order chi connectivity index (χ0) is 34.9. The molecule has 10 nitrogen and oxygen atoms in total. The van der Waals surface area contributed by atoms with Gasteiger partial charge in [0.25, 0.3) is 0 Å². The number of fused-ring (bicyclic) bond motifs is 1. The molecule has 3 aliphatic rings. The third kappa shape index (κ3) is 7.75. The lowest BCUT2D eigenvalue weighted by Crippen LogP contribution is -2.52. The maximum Gasteiger partial charge on any atom is 0.243 e. The van der Waals surface area contributed by atoms with Crippen molar-refractivity contribution in [3.63, 3.8) is 0 Å². The monoisotopic (exact) mass is 667 g/mol. The number of rotatable bonds is 10. The summed E-state index contributed by atoms with van der Waals surface area (Å²) in [5, 5.41) is 3.96. The molecule has 0 radical (unpaired) electrons. The van der Waals surface area contributed by atoms with Crippen LogP contribution in [0.25, 0.3) is 22.2 Å². The molecule has 1 aromatic heterocycles. The van der Waals surface area contributed by atoms with Gasteiger partial charge in [0.05, 0.1) is 30.8 Å². The number of aromatic nitrogens is 1. The van der Waals surface area contributed by atoms with Crippen LogP contribution >= 0.6 is 0 Å². The fourth-order valence-electron chi connectivity index (χ4n) is 6.96. The van der Waals surface area contributed by atoms with E-state index in [2.05, 4.69) is 16.8 Å². The number of carbonyl (C=O) groups excluding carboxylic acids is 3. The van der Waals surface area contributed by atoms with Crippen LogP contribution in [0, 0.1) is 17.3 Å². The minimum atomic E-state index is -0.728. The molecule has 1 N–H and O–H groups in total. The molecule has 2 aliphatic heterocycles. The van der Waals surface area contributed by atoms with Crippen LogP contribution in [-0.2, 0) is 14.4 Å². The third-order valence-electron chi connectivity index (χ3n) is 10.2. The van der Waals surface area contributed by atoms with Crippen molar-refractivity contribution in [2.24, 2.45) is 17.3 Å². The first kappa shape index (κ1) is 34.4. The molecule has 0 spiro atoms. The van der Waals surface area contributed by atoms with E-state index in [9.17, 15) is 14.4 Å². The van der Waals surface area contributed by atoms with Gasteiger partial charge in [-0.15, -0.1) is 6.58 Å². The highest BCUT2D eigenvalue weighted by molar-refractivity contribution is 5.92. The predicted octanol–water partition coefficient (Wildman–Crippen LogP) is 4.78. The van der Waals surface area contributed by atoms with Crippen molar-refractivity contribution in [3.05, 3.63) is 67.3 Å². The van der Waals surface area contributed by atoms with Gasteiger partial charge in [0.15, 0.2) is 0 Å². The Bertz CT molecular complexity index is 1700. The summed E-state index contributed by atoms with van der Waals surface area (Å²) >= 11 is 0.